The minimum atomic E-state index is -0.612. The number of methoxy groups -OCH3 is 1. The number of rotatable bonds is 8. The molecular weight excluding hydrogens is 500 g/mol. The van der Waals surface area contributed by atoms with Crippen LogP contribution in [-0.2, 0) is 11.4 Å². The molecule has 3 aromatic carbocycles. The van der Waals surface area contributed by atoms with E-state index in [1.54, 1.807) is 18.2 Å². The van der Waals surface area contributed by atoms with Crippen LogP contribution >= 0.6 is 27.5 Å². The quantitative estimate of drug-likeness (QED) is 0.217. The minimum Gasteiger partial charge on any atom is -0.493 e. The van der Waals surface area contributed by atoms with Gasteiger partial charge in [-0.3, -0.25) is 14.9 Å². The number of nitro benzene ring substituents is 1. The van der Waals surface area contributed by atoms with E-state index >= 15 is 0 Å². The van der Waals surface area contributed by atoms with Crippen LogP contribution in [0.1, 0.15) is 11.1 Å². The number of benzene rings is 3. The molecule has 164 valence electrons. The third-order valence-electron chi connectivity index (χ3n) is 4.32. The van der Waals surface area contributed by atoms with Gasteiger partial charge in [0, 0.05) is 17.8 Å². The van der Waals surface area contributed by atoms with Crippen molar-refractivity contribution in [1.29, 1.82) is 0 Å². The second-order valence-electron chi connectivity index (χ2n) is 6.55. The first kappa shape index (κ1) is 23.3. The zero-order valence-corrected chi connectivity index (χ0v) is 19.2. The van der Waals surface area contributed by atoms with Crippen molar-refractivity contribution in [3.05, 3.63) is 97.5 Å². The number of amides is 1. The van der Waals surface area contributed by atoms with Crippen LogP contribution in [0.5, 0.6) is 11.5 Å². The van der Waals surface area contributed by atoms with Crippen LogP contribution in [0.2, 0.25) is 5.02 Å². The molecule has 9 heteroatoms. The maximum atomic E-state index is 12.2. The molecule has 0 fully saturated rings. The van der Waals surface area contributed by atoms with Crippen LogP contribution in [0.3, 0.4) is 0 Å². The topological polar surface area (TPSA) is 90.7 Å². The Bertz CT molecular complexity index is 1170. The third-order valence-corrected chi connectivity index (χ3v) is 5.22. The molecule has 0 aliphatic carbocycles. The Balaban J connectivity index is 1.71. The summed E-state index contributed by atoms with van der Waals surface area (Å²) in [5.41, 5.74) is 1.69. The van der Waals surface area contributed by atoms with Gasteiger partial charge < -0.3 is 14.8 Å². The van der Waals surface area contributed by atoms with Crippen molar-refractivity contribution in [2.75, 3.05) is 12.4 Å². The number of hydrogen-bond donors (Lipinski definition) is 1. The summed E-state index contributed by atoms with van der Waals surface area (Å²) in [7, 11) is 1.53. The number of nitrogens with one attached hydrogen (secondary N) is 1. The van der Waals surface area contributed by atoms with E-state index in [-0.39, 0.29) is 16.4 Å². The zero-order chi connectivity index (χ0) is 23.1. The molecule has 0 bridgehead atoms. The predicted octanol–water partition coefficient (Wildman–Crippen LogP) is 6.25. The van der Waals surface area contributed by atoms with E-state index in [1.807, 2.05) is 30.3 Å². The van der Waals surface area contributed by atoms with Gasteiger partial charge in [0.1, 0.15) is 11.6 Å². The van der Waals surface area contributed by atoms with Gasteiger partial charge in [0.25, 0.3) is 5.69 Å². The molecule has 0 saturated carbocycles. The average Bonchev–Trinajstić information content (AvgIpc) is 2.78. The molecular formula is C23H18BrClN2O5. The molecule has 0 atom stereocenters. The fourth-order valence-corrected chi connectivity index (χ4v) is 3.55. The number of carbonyl (C=O) groups excluding carboxylic acids is 1. The molecule has 3 aromatic rings. The third kappa shape index (κ3) is 6.09. The highest BCUT2D eigenvalue weighted by Crippen LogP contribution is 2.37. The van der Waals surface area contributed by atoms with Crippen LogP contribution in [0, 0.1) is 10.1 Å². The first-order valence-electron chi connectivity index (χ1n) is 9.34. The molecule has 32 heavy (non-hydrogen) atoms. The van der Waals surface area contributed by atoms with Gasteiger partial charge in [-0.25, -0.2) is 0 Å². The van der Waals surface area contributed by atoms with Gasteiger partial charge in [0.2, 0.25) is 5.91 Å². The summed E-state index contributed by atoms with van der Waals surface area (Å²) in [4.78, 5) is 22.6. The Kier molecular flexibility index (Phi) is 7.86. The molecule has 0 radical (unpaired) electrons. The standard InChI is InChI=1S/C23H18BrClN2O5/c1-31-21-12-16(11-18(24)23(21)32-14-15-5-3-2-4-6-15)7-10-22(28)26-17-8-9-19(25)20(13-17)27(29)30/h2-13H,14H2,1H3,(H,26,28)/b10-7+. The van der Waals surface area contributed by atoms with E-state index in [2.05, 4.69) is 21.2 Å². The van der Waals surface area contributed by atoms with E-state index < -0.39 is 10.8 Å². The van der Waals surface area contributed by atoms with E-state index in [1.165, 1.54) is 31.4 Å². The summed E-state index contributed by atoms with van der Waals surface area (Å²) in [5.74, 6) is 0.594. The number of anilines is 1. The van der Waals surface area contributed by atoms with Crippen LogP contribution < -0.4 is 14.8 Å². The van der Waals surface area contributed by atoms with Crippen molar-refractivity contribution >= 4 is 50.9 Å². The lowest BCUT2D eigenvalue weighted by molar-refractivity contribution is -0.384. The lowest BCUT2D eigenvalue weighted by Crippen LogP contribution is -2.08. The summed E-state index contributed by atoms with van der Waals surface area (Å²) < 4.78 is 12.0. The normalized spacial score (nSPS) is 10.7. The molecule has 0 aliphatic rings. The molecule has 0 aliphatic heterocycles. The number of nitrogens with zero attached hydrogens (tertiary/aromatic N) is 1. The summed E-state index contributed by atoms with van der Waals surface area (Å²) >= 11 is 9.27. The predicted molar refractivity (Wildman–Crippen MR) is 127 cm³/mol. The van der Waals surface area contributed by atoms with Gasteiger partial charge in [-0.1, -0.05) is 41.9 Å². The minimum absolute atomic E-state index is 0.00457. The van der Waals surface area contributed by atoms with E-state index in [4.69, 9.17) is 21.1 Å². The van der Waals surface area contributed by atoms with Gasteiger partial charge in [0.15, 0.2) is 11.5 Å². The van der Waals surface area contributed by atoms with Crippen molar-refractivity contribution in [2.45, 2.75) is 6.61 Å². The highest BCUT2D eigenvalue weighted by atomic mass is 79.9. The highest BCUT2D eigenvalue weighted by Gasteiger charge is 2.14. The van der Waals surface area contributed by atoms with Crippen molar-refractivity contribution in [3.63, 3.8) is 0 Å². The number of ether oxygens (including phenoxy) is 2. The van der Waals surface area contributed by atoms with Crippen LogP contribution in [-0.4, -0.2) is 17.9 Å². The van der Waals surface area contributed by atoms with Gasteiger partial charge in [-0.05, 0) is 57.4 Å². The molecule has 0 unspecified atom stereocenters. The number of nitro groups is 1. The SMILES string of the molecule is COc1cc(/C=C/C(=O)Nc2ccc(Cl)c([N+](=O)[O-])c2)cc(Br)c1OCc1ccccc1. The lowest BCUT2D eigenvalue weighted by atomic mass is 10.2. The van der Waals surface area contributed by atoms with E-state index in [0.717, 1.165) is 5.56 Å². The molecule has 0 saturated heterocycles. The lowest BCUT2D eigenvalue weighted by Gasteiger charge is -2.13. The Labute approximate surface area is 197 Å². The van der Waals surface area contributed by atoms with Gasteiger partial charge in [-0.15, -0.1) is 0 Å². The highest BCUT2D eigenvalue weighted by molar-refractivity contribution is 9.10. The summed E-state index contributed by atoms with van der Waals surface area (Å²) in [6.07, 6.45) is 2.90. The van der Waals surface area contributed by atoms with Crippen LogP contribution in [0.15, 0.2) is 71.2 Å². The Morgan fingerprint density at radius 2 is 1.94 bits per heavy atom. The largest absolute Gasteiger partial charge is 0.493 e. The zero-order valence-electron chi connectivity index (χ0n) is 16.9. The molecule has 7 nitrogen and oxygen atoms in total. The van der Waals surface area contributed by atoms with Crippen LogP contribution in [0.25, 0.3) is 6.08 Å². The van der Waals surface area contributed by atoms with Crippen molar-refractivity contribution in [2.24, 2.45) is 0 Å². The molecule has 1 amide bonds. The van der Waals surface area contributed by atoms with Crippen LogP contribution in [0.4, 0.5) is 11.4 Å². The number of carbonyl (C=O) groups is 1. The summed E-state index contributed by atoms with van der Waals surface area (Å²) in [6.45, 7) is 0.376. The Hall–Kier alpha value is -3.36. The summed E-state index contributed by atoms with van der Waals surface area (Å²) in [6, 6.07) is 17.3. The summed E-state index contributed by atoms with van der Waals surface area (Å²) in [5, 5.41) is 13.6. The van der Waals surface area contributed by atoms with E-state index in [9.17, 15) is 14.9 Å². The first-order valence-corrected chi connectivity index (χ1v) is 10.5. The van der Waals surface area contributed by atoms with Gasteiger partial charge >= 0.3 is 0 Å². The van der Waals surface area contributed by atoms with Crippen molar-refractivity contribution in [3.8, 4) is 11.5 Å². The maximum absolute atomic E-state index is 12.2. The molecule has 1 N–H and O–H groups in total. The van der Waals surface area contributed by atoms with Gasteiger partial charge in [-0.2, -0.15) is 0 Å². The monoisotopic (exact) mass is 516 g/mol. The second kappa shape index (κ2) is 10.8. The fourth-order valence-electron chi connectivity index (χ4n) is 2.79. The Morgan fingerprint density at radius 3 is 2.62 bits per heavy atom. The molecule has 0 aromatic heterocycles. The smallest absolute Gasteiger partial charge is 0.289 e. The van der Waals surface area contributed by atoms with Crippen molar-refractivity contribution < 1.29 is 19.2 Å². The van der Waals surface area contributed by atoms with Gasteiger partial charge in [0.05, 0.1) is 16.5 Å². The average molecular weight is 518 g/mol. The van der Waals surface area contributed by atoms with E-state index in [0.29, 0.717) is 28.1 Å². The fraction of sp³-hybridized carbons (Fsp3) is 0.0870. The molecule has 0 spiro atoms. The molecule has 3 rings (SSSR count). The van der Waals surface area contributed by atoms with Crippen molar-refractivity contribution in [1.82, 2.24) is 0 Å². The maximum Gasteiger partial charge on any atom is 0.289 e. The number of hydrogen-bond acceptors (Lipinski definition) is 5. The number of halogens is 2. The first-order chi connectivity index (χ1) is 15.4. The second-order valence-corrected chi connectivity index (χ2v) is 7.82. The Morgan fingerprint density at radius 1 is 1.19 bits per heavy atom. The molecule has 0 heterocycles.